The Morgan fingerprint density at radius 1 is 1.41 bits per heavy atom. The standard InChI is InChI=1S/C12H16BrFN2O/c1-17-12-9(6-10(14)7-11(12)13)8-16-4-2-15-3-5-16/h6-7,15H,2-5,8H2,1H3. The van der Waals surface area contributed by atoms with Crippen molar-refractivity contribution >= 4 is 15.9 Å². The molecule has 1 aromatic carbocycles. The van der Waals surface area contributed by atoms with E-state index in [0.29, 0.717) is 4.47 Å². The van der Waals surface area contributed by atoms with E-state index in [4.69, 9.17) is 4.74 Å². The highest BCUT2D eigenvalue weighted by Crippen LogP contribution is 2.31. The van der Waals surface area contributed by atoms with Crippen LogP contribution in [-0.4, -0.2) is 38.2 Å². The van der Waals surface area contributed by atoms with Gasteiger partial charge in [-0.15, -0.1) is 0 Å². The molecule has 0 unspecified atom stereocenters. The highest BCUT2D eigenvalue weighted by molar-refractivity contribution is 9.10. The first-order chi connectivity index (χ1) is 8.20. The summed E-state index contributed by atoms with van der Waals surface area (Å²) >= 11 is 3.33. The molecule has 2 rings (SSSR count). The summed E-state index contributed by atoms with van der Waals surface area (Å²) in [5.41, 5.74) is 0.890. The highest BCUT2D eigenvalue weighted by Gasteiger charge is 2.15. The van der Waals surface area contributed by atoms with Gasteiger partial charge in [0.05, 0.1) is 11.6 Å². The smallest absolute Gasteiger partial charge is 0.137 e. The Morgan fingerprint density at radius 3 is 2.76 bits per heavy atom. The number of ether oxygens (including phenoxy) is 1. The van der Waals surface area contributed by atoms with Crippen LogP contribution in [0.4, 0.5) is 4.39 Å². The number of hydrogen-bond donors (Lipinski definition) is 1. The molecule has 0 amide bonds. The number of piperazine rings is 1. The molecule has 1 heterocycles. The van der Waals surface area contributed by atoms with E-state index in [9.17, 15) is 4.39 Å². The third kappa shape index (κ3) is 3.18. The lowest BCUT2D eigenvalue weighted by molar-refractivity contribution is 0.229. The molecule has 0 aliphatic carbocycles. The Labute approximate surface area is 109 Å². The predicted molar refractivity (Wildman–Crippen MR) is 68.8 cm³/mol. The molecule has 17 heavy (non-hydrogen) atoms. The van der Waals surface area contributed by atoms with Crippen LogP contribution in [0.5, 0.6) is 5.75 Å². The monoisotopic (exact) mass is 302 g/mol. The predicted octanol–water partition coefficient (Wildman–Crippen LogP) is 2.00. The lowest BCUT2D eigenvalue weighted by atomic mass is 10.1. The van der Waals surface area contributed by atoms with Crippen LogP contribution in [0.3, 0.4) is 0 Å². The largest absolute Gasteiger partial charge is 0.495 e. The third-order valence-corrected chi connectivity index (χ3v) is 3.48. The number of benzene rings is 1. The van der Waals surface area contributed by atoms with E-state index in [-0.39, 0.29) is 5.82 Å². The Bertz CT molecular complexity index is 394. The maximum Gasteiger partial charge on any atom is 0.137 e. The first-order valence-corrected chi connectivity index (χ1v) is 6.45. The van der Waals surface area contributed by atoms with Gasteiger partial charge in [-0.2, -0.15) is 0 Å². The van der Waals surface area contributed by atoms with Crippen molar-refractivity contribution < 1.29 is 9.13 Å². The second-order valence-corrected chi connectivity index (χ2v) is 4.96. The summed E-state index contributed by atoms with van der Waals surface area (Å²) in [6, 6.07) is 2.98. The SMILES string of the molecule is COc1c(Br)cc(F)cc1CN1CCNCC1. The second kappa shape index (κ2) is 5.80. The minimum atomic E-state index is -0.234. The summed E-state index contributed by atoms with van der Waals surface area (Å²) in [7, 11) is 1.61. The quantitative estimate of drug-likeness (QED) is 0.924. The van der Waals surface area contributed by atoms with E-state index < -0.39 is 0 Å². The highest BCUT2D eigenvalue weighted by atomic mass is 79.9. The zero-order valence-electron chi connectivity index (χ0n) is 9.80. The van der Waals surface area contributed by atoms with Gasteiger partial charge in [0.25, 0.3) is 0 Å². The molecule has 0 bridgehead atoms. The molecule has 1 fully saturated rings. The van der Waals surface area contributed by atoms with Crippen molar-refractivity contribution in [3.63, 3.8) is 0 Å². The van der Waals surface area contributed by atoms with Gasteiger partial charge in [0.1, 0.15) is 11.6 Å². The van der Waals surface area contributed by atoms with Crippen molar-refractivity contribution in [3.8, 4) is 5.75 Å². The number of halogens is 2. The van der Waals surface area contributed by atoms with Gasteiger partial charge < -0.3 is 10.1 Å². The maximum absolute atomic E-state index is 13.4. The zero-order valence-corrected chi connectivity index (χ0v) is 11.4. The zero-order chi connectivity index (χ0) is 12.3. The van der Waals surface area contributed by atoms with Crippen molar-refractivity contribution in [1.29, 1.82) is 0 Å². The molecular weight excluding hydrogens is 287 g/mol. The number of hydrogen-bond acceptors (Lipinski definition) is 3. The summed E-state index contributed by atoms with van der Waals surface area (Å²) in [6.45, 7) is 4.66. The van der Waals surface area contributed by atoms with Gasteiger partial charge in [-0.3, -0.25) is 4.90 Å². The summed E-state index contributed by atoms with van der Waals surface area (Å²) in [6.07, 6.45) is 0. The van der Waals surface area contributed by atoms with Crippen LogP contribution < -0.4 is 10.1 Å². The van der Waals surface area contributed by atoms with Gasteiger partial charge in [-0.1, -0.05) is 0 Å². The first-order valence-electron chi connectivity index (χ1n) is 5.65. The van der Waals surface area contributed by atoms with Crippen LogP contribution in [0.25, 0.3) is 0 Å². The van der Waals surface area contributed by atoms with E-state index >= 15 is 0 Å². The number of rotatable bonds is 3. The Kier molecular flexibility index (Phi) is 4.36. The van der Waals surface area contributed by atoms with Crippen LogP contribution in [0.15, 0.2) is 16.6 Å². The van der Waals surface area contributed by atoms with Gasteiger partial charge in [0, 0.05) is 38.3 Å². The van der Waals surface area contributed by atoms with Crippen molar-refractivity contribution in [2.45, 2.75) is 6.54 Å². The molecular formula is C12H16BrFN2O. The maximum atomic E-state index is 13.4. The van der Waals surface area contributed by atoms with Crippen LogP contribution in [0.2, 0.25) is 0 Å². The molecule has 1 aromatic rings. The van der Waals surface area contributed by atoms with Crippen LogP contribution in [-0.2, 0) is 6.54 Å². The normalized spacial score (nSPS) is 17.1. The number of methoxy groups -OCH3 is 1. The Hall–Kier alpha value is -0.650. The summed E-state index contributed by atoms with van der Waals surface area (Å²) < 4.78 is 19.4. The van der Waals surface area contributed by atoms with Gasteiger partial charge >= 0.3 is 0 Å². The van der Waals surface area contributed by atoms with Gasteiger partial charge in [-0.05, 0) is 28.1 Å². The summed E-state index contributed by atoms with van der Waals surface area (Å²) in [5.74, 6) is 0.493. The lowest BCUT2D eigenvalue weighted by Crippen LogP contribution is -2.42. The average molecular weight is 303 g/mol. The fraction of sp³-hybridized carbons (Fsp3) is 0.500. The van der Waals surface area contributed by atoms with E-state index in [2.05, 4.69) is 26.1 Å². The van der Waals surface area contributed by atoms with Crippen LogP contribution >= 0.6 is 15.9 Å². The van der Waals surface area contributed by atoms with Crippen molar-refractivity contribution in [1.82, 2.24) is 10.2 Å². The van der Waals surface area contributed by atoms with E-state index in [1.165, 1.54) is 6.07 Å². The van der Waals surface area contributed by atoms with Crippen LogP contribution in [0.1, 0.15) is 5.56 Å². The van der Waals surface area contributed by atoms with E-state index in [1.807, 2.05) is 0 Å². The molecule has 1 N–H and O–H groups in total. The second-order valence-electron chi connectivity index (χ2n) is 4.11. The van der Waals surface area contributed by atoms with E-state index in [0.717, 1.165) is 44.0 Å². The first kappa shape index (κ1) is 12.8. The van der Waals surface area contributed by atoms with E-state index in [1.54, 1.807) is 13.2 Å². The van der Waals surface area contributed by atoms with Gasteiger partial charge in [-0.25, -0.2) is 4.39 Å². The fourth-order valence-corrected chi connectivity index (χ4v) is 2.71. The molecule has 5 heteroatoms. The molecule has 0 atom stereocenters. The summed E-state index contributed by atoms with van der Waals surface area (Å²) in [4.78, 5) is 2.29. The fourth-order valence-electron chi connectivity index (χ4n) is 2.07. The number of nitrogens with zero attached hydrogens (tertiary/aromatic N) is 1. The molecule has 1 aliphatic heterocycles. The average Bonchev–Trinajstić information content (AvgIpc) is 2.30. The summed E-state index contributed by atoms with van der Waals surface area (Å²) in [5, 5.41) is 3.30. The molecule has 0 spiro atoms. The third-order valence-electron chi connectivity index (χ3n) is 2.89. The Morgan fingerprint density at radius 2 is 2.12 bits per heavy atom. The molecule has 94 valence electrons. The topological polar surface area (TPSA) is 24.5 Å². The van der Waals surface area contributed by atoms with Crippen LogP contribution in [0, 0.1) is 5.82 Å². The van der Waals surface area contributed by atoms with Gasteiger partial charge in [0.15, 0.2) is 0 Å². The molecule has 0 radical (unpaired) electrons. The van der Waals surface area contributed by atoms with Crippen molar-refractivity contribution in [2.75, 3.05) is 33.3 Å². The molecule has 0 saturated carbocycles. The van der Waals surface area contributed by atoms with Crippen molar-refractivity contribution in [2.24, 2.45) is 0 Å². The van der Waals surface area contributed by atoms with Crippen molar-refractivity contribution in [3.05, 3.63) is 28.0 Å². The molecule has 3 nitrogen and oxygen atoms in total. The number of nitrogens with one attached hydrogen (secondary N) is 1. The molecule has 1 saturated heterocycles. The van der Waals surface area contributed by atoms with Gasteiger partial charge in [0.2, 0.25) is 0 Å². The Balaban J connectivity index is 2.18. The molecule has 0 aromatic heterocycles. The minimum absolute atomic E-state index is 0.234. The molecule has 1 aliphatic rings. The lowest BCUT2D eigenvalue weighted by Gasteiger charge is -2.27. The minimum Gasteiger partial charge on any atom is -0.495 e.